The van der Waals surface area contributed by atoms with E-state index >= 15 is 0 Å². The number of benzene rings is 2. The van der Waals surface area contributed by atoms with Crippen molar-refractivity contribution in [3.8, 4) is 29.6 Å². The molecule has 0 aromatic heterocycles. The first-order valence-corrected chi connectivity index (χ1v) is 8.39. The van der Waals surface area contributed by atoms with Crippen LogP contribution in [0, 0.1) is 12.3 Å². The standard InChI is InChI=1S/C21H19F2NO4/c1-3-12-27-17-7-5-6-16(14-17)24-20(25)11-9-15-8-10-18(28-21(22)23)19(13-15)26-4-2/h1,5-11,13-14,21H,4,12H2,2H3,(H,24,25). The van der Waals surface area contributed by atoms with E-state index in [1.54, 1.807) is 31.2 Å². The van der Waals surface area contributed by atoms with Gasteiger partial charge in [0.1, 0.15) is 12.4 Å². The minimum absolute atomic E-state index is 0.0674. The first-order chi connectivity index (χ1) is 13.5. The largest absolute Gasteiger partial charge is 0.490 e. The lowest BCUT2D eigenvalue weighted by Gasteiger charge is -2.11. The van der Waals surface area contributed by atoms with Crippen LogP contribution in [-0.2, 0) is 4.79 Å². The third kappa shape index (κ3) is 6.65. The smallest absolute Gasteiger partial charge is 0.387 e. The molecule has 0 aliphatic heterocycles. The van der Waals surface area contributed by atoms with Crippen LogP contribution in [0.4, 0.5) is 14.5 Å². The maximum Gasteiger partial charge on any atom is 0.387 e. The maximum atomic E-state index is 12.4. The molecule has 0 spiro atoms. The van der Waals surface area contributed by atoms with E-state index in [9.17, 15) is 13.6 Å². The molecule has 7 heteroatoms. The molecule has 0 unspecified atom stereocenters. The van der Waals surface area contributed by atoms with Crippen LogP contribution in [0.5, 0.6) is 17.2 Å². The molecule has 146 valence electrons. The Balaban J connectivity index is 2.05. The Morgan fingerprint density at radius 1 is 1.21 bits per heavy atom. The highest BCUT2D eigenvalue weighted by molar-refractivity contribution is 6.02. The van der Waals surface area contributed by atoms with Crippen LogP contribution >= 0.6 is 0 Å². The van der Waals surface area contributed by atoms with Gasteiger partial charge in [0.15, 0.2) is 11.5 Å². The van der Waals surface area contributed by atoms with Crippen molar-refractivity contribution in [2.24, 2.45) is 0 Å². The molecule has 2 aromatic rings. The fourth-order valence-electron chi connectivity index (χ4n) is 2.23. The van der Waals surface area contributed by atoms with Gasteiger partial charge in [-0.05, 0) is 42.8 Å². The van der Waals surface area contributed by atoms with E-state index in [0.29, 0.717) is 17.0 Å². The van der Waals surface area contributed by atoms with Crippen molar-refractivity contribution in [2.75, 3.05) is 18.5 Å². The van der Waals surface area contributed by atoms with Gasteiger partial charge >= 0.3 is 6.61 Å². The lowest BCUT2D eigenvalue weighted by Crippen LogP contribution is -2.08. The number of nitrogens with one attached hydrogen (secondary N) is 1. The number of carbonyl (C=O) groups excluding carboxylic acids is 1. The Kier molecular flexibility index (Phi) is 7.85. The highest BCUT2D eigenvalue weighted by Crippen LogP contribution is 2.30. The van der Waals surface area contributed by atoms with Crippen LogP contribution in [0.25, 0.3) is 6.08 Å². The molecule has 2 rings (SSSR count). The van der Waals surface area contributed by atoms with Gasteiger partial charge in [0.2, 0.25) is 5.91 Å². The predicted molar refractivity (Wildman–Crippen MR) is 103 cm³/mol. The fraction of sp³-hybridized carbons (Fsp3) is 0.190. The van der Waals surface area contributed by atoms with E-state index < -0.39 is 6.61 Å². The van der Waals surface area contributed by atoms with Crippen molar-refractivity contribution in [2.45, 2.75) is 13.5 Å². The van der Waals surface area contributed by atoms with E-state index in [0.717, 1.165) is 0 Å². The summed E-state index contributed by atoms with van der Waals surface area (Å²) in [7, 11) is 0. The summed E-state index contributed by atoms with van der Waals surface area (Å²) in [6, 6.07) is 11.2. The number of hydrogen-bond donors (Lipinski definition) is 1. The molecule has 5 nitrogen and oxygen atoms in total. The molecule has 0 saturated heterocycles. The van der Waals surface area contributed by atoms with Gasteiger partial charge in [-0.15, -0.1) is 6.42 Å². The predicted octanol–water partition coefficient (Wildman–Crippen LogP) is 4.35. The summed E-state index contributed by atoms with van der Waals surface area (Å²) >= 11 is 0. The van der Waals surface area contributed by atoms with Crippen molar-refractivity contribution in [3.63, 3.8) is 0 Å². The van der Waals surface area contributed by atoms with Crippen molar-refractivity contribution in [3.05, 3.63) is 54.1 Å². The van der Waals surface area contributed by atoms with Crippen LogP contribution in [0.1, 0.15) is 12.5 Å². The zero-order valence-corrected chi connectivity index (χ0v) is 15.2. The number of terminal acetylenes is 1. The van der Waals surface area contributed by atoms with Gasteiger partial charge in [-0.2, -0.15) is 8.78 Å². The second kappa shape index (κ2) is 10.6. The first kappa shape index (κ1) is 20.8. The zero-order chi connectivity index (χ0) is 20.4. The molecule has 0 aliphatic rings. The average Bonchev–Trinajstić information content (AvgIpc) is 2.66. The molecule has 0 heterocycles. The number of rotatable bonds is 9. The van der Waals surface area contributed by atoms with Gasteiger partial charge in [0, 0.05) is 17.8 Å². The van der Waals surface area contributed by atoms with Crippen LogP contribution < -0.4 is 19.5 Å². The number of alkyl halides is 2. The molecule has 0 bridgehead atoms. The van der Waals surface area contributed by atoms with Crippen molar-refractivity contribution in [1.29, 1.82) is 0 Å². The number of ether oxygens (including phenoxy) is 3. The molecule has 0 fully saturated rings. The normalized spacial score (nSPS) is 10.5. The second-order valence-corrected chi connectivity index (χ2v) is 5.36. The van der Waals surface area contributed by atoms with Crippen molar-refractivity contribution < 1.29 is 27.8 Å². The third-order valence-electron chi connectivity index (χ3n) is 3.33. The Hall–Kier alpha value is -3.53. The first-order valence-electron chi connectivity index (χ1n) is 8.39. The second-order valence-electron chi connectivity index (χ2n) is 5.36. The summed E-state index contributed by atoms with van der Waals surface area (Å²) in [6.45, 7) is -0.814. The monoisotopic (exact) mass is 387 g/mol. The van der Waals surface area contributed by atoms with Gasteiger partial charge in [0.25, 0.3) is 0 Å². The van der Waals surface area contributed by atoms with Crippen molar-refractivity contribution in [1.82, 2.24) is 0 Å². The minimum atomic E-state index is -2.95. The third-order valence-corrected chi connectivity index (χ3v) is 3.33. The molecule has 2 aromatic carbocycles. The number of carbonyl (C=O) groups is 1. The van der Waals surface area contributed by atoms with Crippen molar-refractivity contribution >= 4 is 17.7 Å². The van der Waals surface area contributed by atoms with Crippen LogP contribution in [0.15, 0.2) is 48.5 Å². The number of halogens is 2. The van der Waals surface area contributed by atoms with E-state index in [1.807, 2.05) is 0 Å². The van der Waals surface area contributed by atoms with E-state index in [2.05, 4.69) is 16.0 Å². The topological polar surface area (TPSA) is 56.8 Å². The van der Waals surface area contributed by atoms with Gasteiger partial charge < -0.3 is 19.5 Å². The Bertz CT molecular complexity index is 875. The Labute approximate surface area is 161 Å². The summed E-state index contributed by atoms with van der Waals surface area (Å²) in [5.41, 5.74) is 1.13. The molecular weight excluding hydrogens is 368 g/mol. The number of amides is 1. The zero-order valence-electron chi connectivity index (χ0n) is 15.2. The van der Waals surface area contributed by atoms with Crippen LogP contribution in [0.3, 0.4) is 0 Å². The summed E-state index contributed by atoms with van der Waals surface area (Å²) < 4.78 is 39.9. The van der Waals surface area contributed by atoms with Crippen LogP contribution in [0.2, 0.25) is 0 Å². The minimum Gasteiger partial charge on any atom is -0.490 e. The summed E-state index contributed by atoms with van der Waals surface area (Å²) in [5.74, 6) is 2.63. The average molecular weight is 387 g/mol. The van der Waals surface area contributed by atoms with Gasteiger partial charge in [-0.3, -0.25) is 4.79 Å². The van der Waals surface area contributed by atoms with Gasteiger partial charge in [-0.1, -0.05) is 18.1 Å². The molecule has 0 saturated carbocycles. The highest BCUT2D eigenvalue weighted by Gasteiger charge is 2.11. The summed E-state index contributed by atoms with van der Waals surface area (Å²) in [5, 5.41) is 2.69. The molecule has 0 atom stereocenters. The van der Waals surface area contributed by atoms with E-state index in [4.69, 9.17) is 15.9 Å². The maximum absolute atomic E-state index is 12.4. The Morgan fingerprint density at radius 2 is 2.04 bits per heavy atom. The number of anilines is 1. The SMILES string of the molecule is C#CCOc1cccc(NC(=O)C=Cc2ccc(OC(F)F)c(OCC)c2)c1. The molecule has 0 radical (unpaired) electrons. The van der Waals surface area contributed by atoms with Crippen LogP contribution in [-0.4, -0.2) is 25.7 Å². The lowest BCUT2D eigenvalue weighted by molar-refractivity contribution is -0.111. The lowest BCUT2D eigenvalue weighted by atomic mass is 10.2. The summed E-state index contributed by atoms with van der Waals surface area (Å²) in [4.78, 5) is 12.1. The molecule has 1 N–H and O–H groups in total. The fourth-order valence-corrected chi connectivity index (χ4v) is 2.23. The molecule has 0 aliphatic carbocycles. The quantitative estimate of drug-likeness (QED) is 0.513. The Morgan fingerprint density at radius 3 is 2.75 bits per heavy atom. The highest BCUT2D eigenvalue weighted by atomic mass is 19.3. The summed E-state index contributed by atoms with van der Waals surface area (Å²) in [6.07, 6.45) is 7.99. The van der Waals surface area contributed by atoms with E-state index in [1.165, 1.54) is 30.4 Å². The van der Waals surface area contributed by atoms with Gasteiger partial charge in [0.05, 0.1) is 6.61 Å². The number of hydrogen-bond acceptors (Lipinski definition) is 4. The molecular formula is C21H19F2NO4. The molecule has 28 heavy (non-hydrogen) atoms. The van der Waals surface area contributed by atoms with Gasteiger partial charge in [-0.25, -0.2) is 0 Å². The molecule has 1 amide bonds. The van der Waals surface area contributed by atoms with E-state index in [-0.39, 0.29) is 30.6 Å².